The number of hydrogen-bond donors (Lipinski definition) is 0. The quantitative estimate of drug-likeness (QED) is 0.644. The molecule has 0 N–H and O–H groups in total. The summed E-state index contributed by atoms with van der Waals surface area (Å²) in [6.45, 7) is 2.31. The van der Waals surface area contributed by atoms with Crippen molar-refractivity contribution in [2.45, 2.75) is 6.23 Å². The molecule has 142 valence electrons. The van der Waals surface area contributed by atoms with E-state index in [2.05, 4.69) is 0 Å². The van der Waals surface area contributed by atoms with Gasteiger partial charge in [0.05, 0.1) is 0 Å². The number of aldehydes is 1. The van der Waals surface area contributed by atoms with Crippen molar-refractivity contribution in [2.75, 3.05) is 26.2 Å². The number of hydrogen-bond acceptors (Lipinski definition) is 4. The molecule has 1 unspecified atom stereocenters. The molecule has 1 saturated heterocycles. The maximum Gasteiger partial charge on any atom is 0.253 e. The number of rotatable bonds is 5. The molecule has 0 radical (unpaired) electrons. The van der Waals surface area contributed by atoms with E-state index in [-0.39, 0.29) is 5.91 Å². The standard InChI is InChI=1S/C23H22N2O3/c26-17-22(28-21-12-6-10-18-7-4-5-11-20(18)21)24-13-15-25(16-14-24)23(27)19-8-2-1-3-9-19/h1-12,17,22H,13-16H2. The molecule has 5 nitrogen and oxygen atoms in total. The zero-order valence-corrected chi connectivity index (χ0v) is 15.5. The molecule has 5 heteroatoms. The molecule has 0 bridgehead atoms. The van der Waals surface area contributed by atoms with Gasteiger partial charge in [-0.1, -0.05) is 54.6 Å². The van der Waals surface area contributed by atoms with Crippen molar-refractivity contribution < 1.29 is 14.3 Å². The Kier molecular flexibility index (Phi) is 5.35. The van der Waals surface area contributed by atoms with Gasteiger partial charge in [-0.3, -0.25) is 14.5 Å². The van der Waals surface area contributed by atoms with Crippen LogP contribution in [0, 0.1) is 0 Å². The van der Waals surface area contributed by atoms with Crippen LogP contribution < -0.4 is 4.74 Å². The van der Waals surface area contributed by atoms with Crippen LogP contribution >= 0.6 is 0 Å². The second-order valence-corrected chi connectivity index (χ2v) is 6.82. The zero-order chi connectivity index (χ0) is 19.3. The maximum absolute atomic E-state index is 12.6. The number of carbonyl (C=O) groups is 2. The average Bonchev–Trinajstić information content (AvgIpc) is 2.78. The highest BCUT2D eigenvalue weighted by molar-refractivity contribution is 5.94. The fourth-order valence-corrected chi connectivity index (χ4v) is 3.56. The van der Waals surface area contributed by atoms with E-state index < -0.39 is 6.23 Å². The summed E-state index contributed by atoms with van der Waals surface area (Å²) in [7, 11) is 0. The van der Waals surface area contributed by atoms with Gasteiger partial charge in [-0.25, -0.2) is 0 Å². The van der Waals surface area contributed by atoms with Gasteiger partial charge in [0.15, 0.2) is 6.29 Å². The van der Waals surface area contributed by atoms with Crippen LogP contribution in [0.2, 0.25) is 0 Å². The summed E-state index contributed by atoms with van der Waals surface area (Å²) in [5.74, 6) is 0.718. The second kappa shape index (κ2) is 8.23. The topological polar surface area (TPSA) is 49.9 Å². The summed E-state index contributed by atoms with van der Waals surface area (Å²) in [5.41, 5.74) is 0.690. The van der Waals surface area contributed by atoms with Crippen molar-refractivity contribution in [2.24, 2.45) is 0 Å². The van der Waals surface area contributed by atoms with E-state index in [1.54, 1.807) is 0 Å². The van der Waals surface area contributed by atoms with Crippen molar-refractivity contribution in [3.63, 3.8) is 0 Å². The molecule has 1 heterocycles. The molecular weight excluding hydrogens is 352 g/mol. The SMILES string of the molecule is O=CC(Oc1cccc2ccccc12)N1CCN(C(=O)c2ccccc2)CC1. The number of amides is 1. The minimum Gasteiger partial charge on any atom is -0.467 e. The highest BCUT2D eigenvalue weighted by Gasteiger charge is 2.27. The predicted octanol–water partition coefficient (Wildman–Crippen LogP) is 3.20. The lowest BCUT2D eigenvalue weighted by Gasteiger charge is -2.37. The van der Waals surface area contributed by atoms with E-state index in [1.165, 1.54) is 0 Å². The van der Waals surface area contributed by atoms with Gasteiger partial charge in [0.1, 0.15) is 5.75 Å². The molecule has 1 amide bonds. The van der Waals surface area contributed by atoms with Gasteiger partial charge in [-0.05, 0) is 23.6 Å². The van der Waals surface area contributed by atoms with E-state index in [9.17, 15) is 9.59 Å². The van der Waals surface area contributed by atoms with Gasteiger partial charge in [0.2, 0.25) is 6.23 Å². The van der Waals surface area contributed by atoms with Gasteiger partial charge in [0, 0.05) is 37.1 Å². The largest absolute Gasteiger partial charge is 0.467 e. The van der Waals surface area contributed by atoms with E-state index >= 15 is 0 Å². The first-order valence-corrected chi connectivity index (χ1v) is 9.44. The molecule has 1 atom stereocenters. The smallest absolute Gasteiger partial charge is 0.253 e. The number of piperazine rings is 1. The maximum atomic E-state index is 12.6. The molecule has 3 aromatic carbocycles. The summed E-state index contributed by atoms with van der Waals surface area (Å²) < 4.78 is 6.05. The fraction of sp³-hybridized carbons (Fsp3) is 0.217. The number of nitrogens with zero attached hydrogens (tertiary/aromatic N) is 2. The van der Waals surface area contributed by atoms with Crippen LogP contribution in [0.4, 0.5) is 0 Å². The summed E-state index contributed by atoms with van der Waals surface area (Å²) in [6, 6.07) is 23.1. The second-order valence-electron chi connectivity index (χ2n) is 6.82. The first-order chi connectivity index (χ1) is 13.8. The molecule has 3 aromatic rings. The molecule has 0 aliphatic carbocycles. The Morgan fingerprint density at radius 1 is 0.857 bits per heavy atom. The Hall–Kier alpha value is -3.18. The van der Waals surface area contributed by atoms with Gasteiger partial charge >= 0.3 is 0 Å². The van der Waals surface area contributed by atoms with Gasteiger partial charge < -0.3 is 9.64 Å². The Labute approximate surface area is 164 Å². The highest BCUT2D eigenvalue weighted by atomic mass is 16.5. The van der Waals surface area contributed by atoms with Crippen molar-refractivity contribution in [1.29, 1.82) is 0 Å². The average molecular weight is 374 g/mol. The monoisotopic (exact) mass is 374 g/mol. The zero-order valence-electron chi connectivity index (χ0n) is 15.5. The summed E-state index contributed by atoms with van der Waals surface area (Å²) in [4.78, 5) is 28.1. The third-order valence-corrected chi connectivity index (χ3v) is 5.10. The van der Waals surface area contributed by atoms with Crippen LogP contribution in [-0.2, 0) is 4.79 Å². The van der Waals surface area contributed by atoms with Crippen LogP contribution in [0.1, 0.15) is 10.4 Å². The Bertz CT molecular complexity index is 961. The molecule has 1 aliphatic heterocycles. The lowest BCUT2D eigenvalue weighted by atomic mass is 10.1. The number of ether oxygens (including phenoxy) is 1. The normalized spacial score (nSPS) is 15.9. The van der Waals surface area contributed by atoms with Crippen molar-refractivity contribution >= 4 is 23.0 Å². The molecular formula is C23H22N2O3. The van der Waals surface area contributed by atoms with Crippen LogP contribution in [0.25, 0.3) is 10.8 Å². The summed E-state index contributed by atoms with van der Waals surface area (Å²) in [5, 5.41) is 2.05. The molecule has 1 fully saturated rings. The van der Waals surface area contributed by atoms with E-state index in [1.807, 2.05) is 82.6 Å². The Morgan fingerprint density at radius 3 is 2.29 bits per heavy atom. The molecule has 28 heavy (non-hydrogen) atoms. The molecule has 4 rings (SSSR count). The third-order valence-electron chi connectivity index (χ3n) is 5.10. The van der Waals surface area contributed by atoms with Crippen LogP contribution in [0.3, 0.4) is 0 Å². The van der Waals surface area contributed by atoms with Crippen LogP contribution in [0.5, 0.6) is 5.75 Å². The van der Waals surface area contributed by atoms with Crippen molar-refractivity contribution in [1.82, 2.24) is 9.80 Å². The summed E-state index contributed by atoms with van der Waals surface area (Å²) in [6.07, 6.45) is 0.163. The fourth-order valence-electron chi connectivity index (χ4n) is 3.56. The van der Waals surface area contributed by atoms with Gasteiger partial charge in [-0.2, -0.15) is 0 Å². The first-order valence-electron chi connectivity index (χ1n) is 9.44. The number of fused-ring (bicyclic) bond motifs is 1. The lowest BCUT2D eigenvalue weighted by Crippen LogP contribution is -2.54. The van der Waals surface area contributed by atoms with E-state index in [4.69, 9.17) is 4.74 Å². The van der Waals surface area contributed by atoms with Crippen LogP contribution in [-0.4, -0.2) is 54.4 Å². The van der Waals surface area contributed by atoms with Gasteiger partial charge in [-0.15, -0.1) is 0 Å². The molecule has 0 saturated carbocycles. The van der Waals surface area contributed by atoms with Crippen LogP contribution in [0.15, 0.2) is 72.8 Å². The molecule has 0 spiro atoms. The number of carbonyl (C=O) groups excluding carboxylic acids is 2. The minimum atomic E-state index is -0.667. The predicted molar refractivity (Wildman–Crippen MR) is 108 cm³/mol. The number of benzene rings is 3. The first kappa shape index (κ1) is 18.2. The minimum absolute atomic E-state index is 0.0258. The van der Waals surface area contributed by atoms with E-state index in [0.29, 0.717) is 37.5 Å². The van der Waals surface area contributed by atoms with Gasteiger partial charge in [0.25, 0.3) is 5.91 Å². The van der Waals surface area contributed by atoms with E-state index in [0.717, 1.165) is 17.1 Å². The Balaban J connectivity index is 1.43. The Morgan fingerprint density at radius 2 is 1.54 bits per heavy atom. The lowest BCUT2D eigenvalue weighted by molar-refractivity contribution is -0.122. The molecule has 0 aromatic heterocycles. The third kappa shape index (κ3) is 3.75. The van der Waals surface area contributed by atoms with Crippen molar-refractivity contribution in [3.05, 3.63) is 78.4 Å². The molecule has 1 aliphatic rings. The van der Waals surface area contributed by atoms with Crippen molar-refractivity contribution in [3.8, 4) is 5.75 Å². The summed E-state index contributed by atoms with van der Waals surface area (Å²) >= 11 is 0. The highest BCUT2D eigenvalue weighted by Crippen LogP contribution is 2.26.